The lowest BCUT2D eigenvalue weighted by molar-refractivity contribution is 0.427. The minimum Gasteiger partial charge on any atom is -0.371 e. The summed E-state index contributed by atoms with van der Waals surface area (Å²) in [6, 6.07) is 8.78. The zero-order valence-corrected chi connectivity index (χ0v) is 11.1. The van der Waals surface area contributed by atoms with Gasteiger partial charge < -0.3 is 4.90 Å². The van der Waals surface area contributed by atoms with Crippen LogP contribution in [0.4, 0.5) is 5.69 Å². The molecule has 1 aromatic rings. The fraction of sp³-hybridized carbons (Fsp3) is 0.571. The average molecular weight is 235 g/mol. The average Bonchev–Trinajstić information content (AvgIpc) is 2.69. The first kappa shape index (κ1) is 11.8. The molecule has 1 aliphatic rings. The number of thiol groups is 1. The van der Waals surface area contributed by atoms with E-state index in [0.29, 0.717) is 11.8 Å². The second-order valence-electron chi connectivity index (χ2n) is 5.01. The second kappa shape index (κ2) is 5.13. The molecule has 1 aliphatic heterocycles. The normalized spacial score (nSPS) is 16.6. The Balaban J connectivity index is 2.08. The van der Waals surface area contributed by atoms with E-state index in [1.807, 2.05) is 0 Å². The van der Waals surface area contributed by atoms with Crippen LogP contribution < -0.4 is 4.90 Å². The summed E-state index contributed by atoms with van der Waals surface area (Å²) in [5, 5.41) is 0. The topological polar surface area (TPSA) is 3.24 Å². The minimum absolute atomic E-state index is 0.689. The van der Waals surface area contributed by atoms with Crippen LogP contribution in [0.25, 0.3) is 0 Å². The lowest BCUT2D eigenvalue weighted by atomic mass is 9.97. The lowest BCUT2D eigenvalue weighted by Crippen LogP contribution is -2.31. The van der Waals surface area contributed by atoms with Gasteiger partial charge in [-0.3, -0.25) is 0 Å². The van der Waals surface area contributed by atoms with Crippen molar-refractivity contribution in [3.8, 4) is 0 Å². The maximum Gasteiger partial charge on any atom is 0.0399 e. The molecule has 0 saturated heterocycles. The molecule has 1 nitrogen and oxygen atoms in total. The first-order valence-electron chi connectivity index (χ1n) is 6.16. The number of fused-ring (bicyclic) bond motifs is 1. The number of para-hydroxylation sites is 1. The summed E-state index contributed by atoms with van der Waals surface area (Å²) in [7, 11) is 0. The Morgan fingerprint density at radius 3 is 2.75 bits per heavy atom. The maximum atomic E-state index is 4.47. The summed E-state index contributed by atoms with van der Waals surface area (Å²) in [5.74, 6) is 2.39. The van der Waals surface area contributed by atoms with Crippen molar-refractivity contribution in [2.75, 3.05) is 23.7 Å². The van der Waals surface area contributed by atoms with Crippen molar-refractivity contribution in [2.45, 2.75) is 20.3 Å². The molecule has 0 saturated carbocycles. The highest BCUT2D eigenvalue weighted by Crippen LogP contribution is 2.29. The Bertz CT molecular complexity index is 348. The molecule has 2 rings (SSSR count). The fourth-order valence-corrected chi connectivity index (χ4v) is 2.90. The molecule has 0 spiro atoms. The maximum absolute atomic E-state index is 4.47. The van der Waals surface area contributed by atoms with Gasteiger partial charge in [0.2, 0.25) is 0 Å². The number of hydrogen-bond acceptors (Lipinski definition) is 2. The molecule has 1 heterocycles. The van der Waals surface area contributed by atoms with E-state index in [9.17, 15) is 0 Å². The number of hydrogen-bond donors (Lipinski definition) is 1. The molecule has 1 unspecified atom stereocenters. The van der Waals surface area contributed by atoms with E-state index in [1.54, 1.807) is 0 Å². The van der Waals surface area contributed by atoms with Crippen molar-refractivity contribution in [1.82, 2.24) is 0 Å². The number of benzene rings is 1. The highest BCUT2D eigenvalue weighted by molar-refractivity contribution is 7.80. The third-order valence-corrected chi connectivity index (χ3v) is 4.08. The highest BCUT2D eigenvalue weighted by Gasteiger charge is 2.22. The molecule has 0 bridgehead atoms. The summed E-state index contributed by atoms with van der Waals surface area (Å²) < 4.78 is 0. The third-order valence-electron chi connectivity index (χ3n) is 3.62. The van der Waals surface area contributed by atoms with Crippen molar-refractivity contribution in [3.05, 3.63) is 29.8 Å². The summed E-state index contributed by atoms with van der Waals surface area (Å²) in [6.45, 7) is 6.92. The predicted octanol–water partition coefficient (Wildman–Crippen LogP) is 3.25. The molecule has 0 aliphatic carbocycles. The third kappa shape index (κ3) is 2.37. The molecule has 1 atom stereocenters. The quantitative estimate of drug-likeness (QED) is 0.784. The van der Waals surface area contributed by atoms with Crippen LogP contribution >= 0.6 is 12.6 Å². The molecule has 16 heavy (non-hydrogen) atoms. The van der Waals surface area contributed by atoms with Crippen molar-refractivity contribution in [3.63, 3.8) is 0 Å². The van der Waals surface area contributed by atoms with E-state index < -0.39 is 0 Å². The van der Waals surface area contributed by atoms with Gasteiger partial charge in [0.1, 0.15) is 0 Å². The van der Waals surface area contributed by atoms with Gasteiger partial charge in [-0.1, -0.05) is 32.0 Å². The molecule has 1 aromatic carbocycles. The Labute approximate surface area is 104 Å². The number of nitrogens with zero attached hydrogens (tertiary/aromatic N) is 1. The SMILES string of the molecule is CC(C)C(CS)CN1CCc2ccccc21. The molecule has 0 aromatic heterocycles. The number of anilines is 1. The molecule has 2 heteroatoms. The van der Waals surface area contributed by atoms with Crippen molar-refractivity contribution < 1.29 is 0 Å². The minimum atomic E-state index is 0.689. The summed E-state index contributed by atoms with van der Waals surface area (Å²) in [4.78, 5) is 2.52. The predicted molar refractivity (Wildman–Crippen MR) is 74.5 cm³/mol. The van der Waals surface area contributed by atoms with Crippen LogP contribution in [0.1, 0.15) is 19.4 Å². The van der Waals surface area contributed by atoms with Gasteiger partial charge in [0.15, 0.2) is 0 Å². The van der Waals surface area contributed by atoms with Crippen LogP contribution in [0.2, 0.25) is 0 Å². The van der Waals surface area contributed by atoms with E-state index in [1.165, 1.54) is 24.2 Å². The van der Waals surface area contributed by atoms with Crippen molar-refractivity contribution in [1.29, 1.82) is 0 Å². The van der Waals surface area contributed by atoms with Crippen LogP contribution in [0.5, 0.6) is 0 Å². The van der Waals surface area contributed by atoms with E-state index in [-0.39, 0.29) is 0 Å². The van der Waals surface area contributed by atoms with Crippen molar-refractivity contribution >= 4 is 18.3 Å². The van der Waals surface area contributed by atoms with E-state index in [4.69, 9.17) is 0 Å². The molecule has 0 amide bonds. The van der Waals surface area contributed by atoms with Gasteiger partial charge in [-0.25, -0.2) is 0 Å². The first-order valence-corrected chi connectivity index (χ1v) is 6.79. The van der Waals surface area contributed by atoms with Crippen LogP contribution in [-0.4, -0.2) is 18.8 Å². The summed E-state index contributed by atoms with van der Waals surface area (Å²) in [5.41, 5.74) is 2.94. The van der Waals surface area contributed by atoms with E-state index in [0.717, 1.165) is 12.3 Å². The molecule has 88 valence electrons. The molecule has 0 N–H and O–H groups in total. The Morgan fingerprint density at radius 1 is 1.31 bits per heavy atom. The number of rotatable bonds is 4. The summed E-state index contributed by atoms with van der Waals surface area (Å²) in [6.07, 6.45) is 1.20. The van der Waals surface area contributed by atoms with Gasteiger partial charge in [-0.15, -0.1) is 0 Å². The van der Waals surface area contributed by atoms with Crippen LogP contribution in [0.15, 0.2) is 24.3 Å². The Morgan fingerprint density at radius 2 is 2.06 bits per heavy atom. The van der Waals surface area contributed by atoms with Gasteiger partial charge in [0.05, 0.1) is 0 Å². The van der Waals surface area contributed by atoms with Gasteiger partial charge in [-0.05, 0) is 35.6 Å². The summed E-state index contributed by atoms with van der Waals surface area (Å²) >= 11 is 4.47. The molecular weight excluding hydrogens is 214 g/mol. The van der Waals surface area contributed by atoms with Crippen LogP contribution in [0.3, 0.4) is 0 Å². The highest BCUT2D eigenvalue weighted by atomic mass is 32.1. The Hall–Kier alpha value is -0.630. The van der Waals surface area contributed by atoms with Gasteiger partial charge in [-0.2, -0.15) is 12.6 Å². The van der Waals surface area contributed by atoms with Gasteiger partial charge in [0, 0.05) is 18.8 Å². The molecule has 0 radical (unpaired) electrons. The monoisotopic (exact) mass is 235 g/mol. The van der Waals surface area contributed by atoms with Crippen LogP contribution in [-0.2, 0) is 6.42 Å². The van der Waals surface area contributed by atoms with Crippen molar-refractivity contribution in [2.24, 2.45) is 11.8 Å². The second-order valence-corrected chi connectivity index (χ2v) is 5.38. The molecular formula is C14H21NS. The lowest BCUT2D eigenvalue weighted by Gasteiger charge is -2.27. The van der Waals surface area contributed by atoms with Crippen LogP contribution in [0, 0.1) is 11.8 Å². The largest absolute Gasteiger partial charge is 0.371 e. The fourth-order valence-electron chi connectivity index (χ4n) is 2.36. The van der Waals surface area contributed by atoms with Gasteiger partial charge in [0.25, 0.3) is 0 Å². The standard InChI is InChI=1S/C14H21NS/c1-11(2)13(10-16)9-15-8-7-12-5-3-4-6-14(12)15/h3-6,11,13,16H,7-10H2,1-2H3. The van der Waals surface area contributed by atoms with E-state index >= 15 is 0 Å². The molecule has 0 fully saturated rings. The van der Waals surface area contributed by atoms with Gasteiger partial charge >= 0.3 is 0 Å². The zero-order chi connectivity index (χ0) is 11.5. The Kier molecular flexibility index (Phi) is 3.80. The van der Waals surface area contributed by atoms with E-state index in [2.05, 4.69) is 55.6 Å². The first-order chi connectivity index (χ1) is 7.72. The zero-order valence-electron chi connectivity index (χ0n) is 10.2. The smallest absolute Gasteiger partial charge is 0.0399 e.